The maximum absolute atomic E-state index is 13.5. The van der Waals surface area contributed by atoms with Gasteiger partial charge in [0.25, 0.3) is 0 Å². The number of carboxylic acid groups (broad SMARTS) is 1. The van der Waals surface area contributed by atoms with Crippen molar-refractivity contribution in [2.45, 2.75) is 12.1 Å². The van der Waals surface area contributed by atoms with Gasteiger partial charge in [-0.15, -0.1) is 0 Å². The first-order chi connectivity index (χ1) is 12.0. The van der Waals surface area contributed by atoms with Gasteiger partial charge in [0.2, 0.25) is 0 Å². The highest BCUT2D eigenvalue weighted by atomic mass is 79.9. The van der Waals surface area contributed by atoms with E-state index in [1.165, 1.54) is 24.3 Å². The maximum Gasteiger partial charge on any atom is 0.399 e. The molecule has 2 aromatic carbocycles. The molecule has 1 atom stereocenters. The largest absolute Gasteiger partial charge is 0.478 e. The Morgan fingerprint density at radius 3 is 2.23 bits per heavy atom. The highest BCUT2D eigenvalue weighted by Crippen LogP contribution is 2.42. The second kappa shape index (κ2) is 8.21. The average Bonchev–Trinajstić information content (AvgIpc) is 2.50. The molecule has 2 rings (SSSR count). The third-order valence-electron chi connectivity index (χ3n) is 3.43. The van der Waals surface area contributed by atoms with Gasteiger partial charge < -0.3 is 5.11 Å². The number of halogens is 7. The topological polar surface area (TPSA) is 37.3 Å². The number of hydrogen-bond donors (Lipinski definition) is 1. The van der Waals surface area contributed by atoms with Crippen LogP contribution in [-0.4, -0.2) is 17.3 Å². The van der Waals surface area contributed by atoms with Crippen LogP contribution in [0.25, 0.3) is 6.08 Å². The Hall–Kier alpha value is -1.21. The van der Waals surface area contributed by atoms with Gasteiger partial charge in [-0.25, -0.2) is 4.79 Å². The summed E-state index contributed by atoms with van der Waals surface area (Å²) in [5.41, 5.74) is 0.153. The zero-order valence-electron chi connectivity index (χ0n) is 12.6. The van der Waals surface area contributed by atoms with Crippen LogP contribution in [0.5, 0.6) is 0 Å². The minimum Gasteiger partial charge on any atom is -0.478 e. The lowest BCUT2D eigenvalue weighted by molar-refractivity contribution is -0.139. The molecule has 0 amide bonds. The minimum atomic E-state index is -4.62. The lowest BCUT2D eigenvalue weighted by atomic mass is 9.96. The molecular weight excluding hydrogens is 479 g/mol. The highest BCUT2D eigenvalue weighted by Gasteiger charge is 2.40. The van der Waals surface area contributed by atoms with Crippen LogP contribution in [0.3, 0.4) is 0 Å². The zero-order chi connectivity index (χ0) is 19.6. The highest BCUT2D eigenvalue weighted by molar-refractivity contribution is 9.10. The van der Waals surface area contributed by atoms with Crippen molar-refractivity contribution in [1.82, 2.24) is 0 Å². The van der Waals surface area contributed by atoms with Crippen molar-refractivity contribution in [1.29, 1.82) is 0 Å². The summed E-state index contributed by atoms with van der Waals surface area (Å²) >= 11 is 20.6. The molecule has 0 aliphatic heterocycles. The first kappa shape index (κ1) is 21.1. The third kappa shape index (κ3) is 4.94. The average molecular weight is 489 g/mol. The van der Waals surface area contributed by atoms with Crippen LogP contribution in [0.4, 0.5) is 13.2 Å². The van der Waals surface area contributed by atoms with Crippen LogP contribution in [0.15, 0.2) is 40.9 Å². The fraction of sp³-hybridized carbons (Fsp3) is 0.118. The molecule has 0 fully saturated rings. The molecular formula is C17H9BrCl3F3O2. The summed E-state index contributed by atoms with van der Waals surface area (Å²) in [4.78, 5) is 11.0. The standard InChI is InChI=1S/C17H9BrCl3F3O2/c18-12-5-8(1-3-9(12)16(25)26)2-4-11(17(22,23)24)10-6-14(20)15(21)7-13(10)19/h1-7,11H,(H,25,26)/b4-2+. The van der Waals surface area contributed by atoms with E-state index in [2.05, 4.69) is 15.9 Å². The molecule has 0 heterocycles. The normalized spacial score (nSPS) is 13.2. The van der Waals surface area contributed by atoms with E-state index in [0.717, 1.165) is 18.2 Å². The van der Waals surface area contributed by atoms with E-state index in [-0.39, 0.29) is 30.7 Å². The Bertz CT molecular complexity index is 882. The maximum atomic E-state index is 13.5. The molecule has 0 saturated heterocycles. The van der Waals surface area contributed by atoms with E-state index < -0.39 is 18.1 Å². The molecule has 0 radical (unpaired) electrons. The van der Waals surface area contributed by atoms with Gasteiger partial charge in [0.15, 0.2) is 0 Å². The van der Waals surface area contributed by atoms with Crippen LogP contribution in [-0.2, 0) is 0 Å². The summed E-state index contributed by atoms with van der Waals surface area (Å²) < 4.78 is 40.7. The fourth-order valence-electron chi connectivity index (χ4n) is 2.18. The number of allylic oxidation sites excluding steroid dienone is 1. The van der Waals surface area contributed by atoms with Gasteiger partial charge in [-0.05, 0) is 51.3 Å². The molecule has 0 aliphatic rings. The molecule has 1 N–H and O–H groups in total. The van der Waals surface area contributed by atoms with E-state index in [4.69, 9.17) is 39.9 Å². The molecule has 2 aromatic rings. The number of carbonyl (C=O) groups is 1. The van der Waals surface area contributed by atoms with E-state index in [0.29, 0.717) is 5.56 Å². The number of carboxylic acids is 1. The van der Waals surface area contributed by atoms with Crippen LogP contribution in [0.1, 0.15) is 27.4 Å². The monoisotopic (exact) mass is 486 g/mol. The Kier molecular flexibility index (Phi) is 6.66. The van der Waals surface area contributed by atoms with Gasteiger partial charge in [-0.1, -0.05) is 53.0 Å². The Balaban J connectivity index is 2.44. The van der Waals surface area contributed by atoms with Crippen molar-refractivity contribution in [3.05, 3.63) is 72.6 Å². The van der Waals surface area contributed by atoms with Gasteiger partial charge in [0.1, 0.15) is 0 Å². The number of alkyl halides is 3. The molecule has 9 heteroatoms. The van der Waals surface area contributed by atoms with Crippen LogP contribution >= 0.6 is 50.7 Å². The Morgan fingerprint density at radius 2 is 1.69 bits per heavy atom. The SMILES string of the molecule is O=C(O)c1ccc(/C=C/C(c2cc(Cl)c(Cl)cc2Cl)C(F)(F)F)cc1Br. The first-order valence-corrected chi connectivity index (χ1v) is 8.85. The molecule has 0 aliphatic carbocycles. The summed E-state index contributed by atoms with van der Waals surface area (Å²) in [5.74, 6) is -3.16. The van der Waals surface area contributed by atoms with Gasteiger partial charge in [-0.2, -0.15) is 13.2 Å². The molecule has 2 nitrogen and oxygen atoms in total. The molecule has 0 spiro atoms. The van der Waals surface area contributed by atoms with Gasteiger partial charge in [0.05, 0.1) is 21.5 Å². The summed E-state index contributed by atoms with van der Waals surface area (Å²) in [7, 11) is 0. The zero-order valence-corrected chi connectivity index (χ0v) is 16.5. The molecule has 0 saturated carbocycles. The number of hydrogen-bond acceptors (Lipinski definition) is 1. The van der Waals surface area contributed by atoms with Crippen LogP contribution in [0, 0.1) is 0 Å². The summed E-state index contributed by atoms with van der Waals surface area (Å²) in [6, 6.07) is 6.34. The number of rotatable bonds is 4. The summed E-state index contributed by atoms with van der Waals surface area (Å²) in [6.45, 7) is 0. The molecule has 26 heavy (non-hydrogen) atoms. The quantitative estimate of drug-likeness (QED) is 0.454. The summed E-state index contributed by atoms with van der Waals surface area (Å²) in [5, 5.41) is 8.83. The van der Waals surface area contributed by atoms with E-state index in [1.54, 1.807) is 0 Å². The second-order valence-electron chi connectivity index (χ2n) is 5.21. The number of benzene rings is 2. The second-order valence-corrected chi connectivity index (χ2v) is 7.29. The summed E-state index contributed by atoms with van der Waals surface area (Å²) in [6.07, 6.45) is -2.46. The predicted molar refractivity (Wildman–Crippen MR) is 100 cm³/mol. The van der Waals surface area contributed by atoms with Crippen molar-refractivity contribution < 1.29 is 23.1 Å². The number of aromatic carboxylic acids is 1. The Labute approximate surface area is 170 Å². The van der Waals surface area contributed by atoms with Crippen LogP contribution in [0.2, 0.25) is 15.1 Å². The molecule has 1 unspecified atom stereocenters. The van der Waals surface area contributed by atoms with Crippen molar-refractivity contribution in [3.8, 4) is 0 Å². The molecule has 0 bridgehead atoms. The van der Waals surface area contributed by atoms with E-state index in [9.17, 15) is 18.0 Å². The lowest BCUT2D eigenvalue weighted by Gasteiger charge is -2.19. The van der Waals surface area contributed by atoms with Crippen molar-refractivity contribution in [2.24, 2.45) is 0 Å². The van der Waals surface area contributed by atoms with Crippen LogP contribution < -0.4 is 0 Å². The smallest absolute Gasteiger partial charge is 0.399 e. The van der Waals surface area contributed by atoms with E-state index in [1.807, 2.05) is 0 Å². The first-order valence-electron chi connectivity index (χ1n) is 6.93. The Morgan fingerprint density at radius 1 is 1.08 bits per heavy atom. The predicted octanol–water partition coefficient (Wildman–Crippen LogP) is 7.47. The lowest BCUT2D eigenvalue weighted by Crippen LogP contribution is -2.19. The fourth-order valence-corrected chi connectivity index (χ4v) is 3.42. The van der Waals surface area contributed by atoms with Crippen molar-refractivity contribution in [3.63, 3.8) is 0 Å². The van der Waals surface area contributed by atoms with Gasteiger partial charge >= 0.3 is 12.1 Å². The molecule has 0 aromatic heterocycles. The third-order valence-corrected chi connectivity index (χ3v) is 5.14. The minimum absolute atomic E-state index is 0.00190. The van der Waals surface area contributed by atoms with Crippen molar-refractivity contribution >= 4 is 62.8 Å². The van der Waals surface area contributed by atoms with E-state index >= 15 is 0 Å². The van der Waals surface area contributed by atoms with Crippen molar-refractivity contribution in [2.75, 3.05) is 0 Å². The molecule has 138 valence electrons. The van der Waals surface area contributed by atoms with Gasteiger partial charge in [-0.3, -0.25) is 0 Å². The van der Waals surface area contributed by atoms with Gasteiger partial charge in [0, 0.05) is 9.50 Å².